The van der Waals surface area contributed by atoms with Gasteiger partial charge >= 0.3 is 8.38 Å². The third-order valence-electron chi connectivity index (χ3n) is 3.96. The van der Waals surface area contributed by atoms with Crippen molar-refractivity contribution in [2.75, 3.05) is 0 Å². The number of rotatable bonds is 6. The summed E-state index contributed by atoms with van der Waals surface area (Å²) >= 11 is 0. The van der Waals surface area contributed by atoms with Crippen LogP contribution in [0.2, 0.25) is 0 Å². The molecule has 0 aliphatic rings. The molecule has 4 rings (SSSR count). The SMILES string of the molecule is OC(c1ccc2ccccc2n1)P(Oc1ccccc1)Oc1ccccc1. The Bertz CT molecular complexity index is 970. The second-order valence-corrected chi connectivity index (χ2v) is 7.32. The van der Waals surface area contributed by atoms with Gasteiger partial charge in [-0.15, -0.1) is 0 Å². The molecule has 4 nitrogen and oxygen atoms in total. The van der Waals surface area contributed by atoms with E-state index in [-0.39, 0.29) is 0 Å². The fourth-order valence-corrected chi connectivity index (χ4v) is 3.88. The zero-order chi connectivity index (χ0) is 18.5. The summed E-state index contributed by atoms with van der Waals surface area (Å²) in [6, 6.07) is 30.2. The van der Waals surface area contributed by atoms with Crippen molar-refractivity contribution in [3.63, 3.8) is 0 Å². The summed E-state index contributed by atoms with van der Waals surface area (Å²) in [6.07, 6.45) is 0. The number of hydrogen-bond acceptors (Lipinski definition) is 4. The van der Waals surface area contributed by atoms with Gasteiger partial charge in [-0.25, -0.2) is 4.98 Å². The number of aliphatic hydroxyl groups excluding tert-OH is 1. The van der Waals surface area contributed by atoms with Crippen LogP contribution in [0.25, 0.3) is 10.9 Å². The smallest absolute Gasteiger partial charge is 0.328 e. The van der Waals surface area contributed by atoms with Crippen LogP contribution in [0.15, 0.2) is 97.1 Å². The van der Waals surface area contributed by atoms with E-state index in [2.05, 4.69) is 4.98 Å². The van der Waals surface area contributed by atoms with Gasteiger partial charge in [0.25, 0.3) is 0 Å². The van der Waals surface area contributed by atoms with Crippen molar-refractivity contribution in [3.05, 3.63) is 103 Å². The van der Waals surface area contributed by atoms with Crippen molar-refractivity contribution in [1.29, 1.82) is 0 Å². The first-order valence-corrected chi connectivity index (χ1v) is 9.83. The number of pyridine rings is 1. The van der Waals surface area contributed by atoms with E-state index in [1.807, 2.05) is 97.1 Å². The van der Waals surface area contributed by atoms with Gasteiger partial charge in [0, 0.05) is 5.39 Å². The average molecular weight is 375 g/mol. The Kier molecular flexibility index (Phi) is 5.29. The van der Waals surface area contributed by atoms with Crippen LogP contribution < -0.4 is 9.05 Å². The van der Waals surface area contributed by atoms with Crippen molar-refractivity contribution >= 4 is 19.3 Å². The maximum Gasteiger partial charge on any atom is 0.328 e. The lowest BCUT2D eigenvalue weighted by Crippen LogP contribution is -2.07. The lowest BCUT2D eigenvalue weighted by molar-refractivity contribution is 0.233. The summed E-state index contributed by atoms with van der Waals surface area (Å²) in [5, 5.41) is 12.0. The molecule has 3 aromatic carbocycles. The Morgan fingerprint density at radius 1 is 0.667 bits per heavy atom. The van der Waals surface area contributed by atoms with Crippen molar-refractivity contribution in [2.24, 2.45) is 0 Å². The van der Waals surface area contributed by atoms with Gasteiger partial charge in [0.05, 0.1) is 11.2 Å². The number of nitrogens with zero attached hydrogens (tertiary/aromatic N) is 1. The summed E-state index contributed by atoms with van der Waals surface area (Å²) in [7, 11) is -1.71. The minimum atomic E-state index is -1.71. The highest BCUT2D eigenvalue weighted by molar-refractivity contribution is 7.48. The minimum absolute atomic E-state index is 0.520. The van der Waals surface area contributed by atoms with Crippen LogP contribution in [-0.4, -0.2) is 10.1 Å². The molecule has 0 amide bonds. The van der Waals surface area contributed by atoms with Crippen molar-refractivity contribution < 1.29 is 14.2 Å². The van der Waals surface area contributed by atoms with Crippen LogP contribution in [-0.2, 0) is 0 Å². The van der Waals surface area contributed by atoms with Crippen LogP contribution in [0.1, 0.15) is 11.5 Å². The normalized spacial score (nSPS) is 12.1. The van der Waals surface area contributed by atoms with E-state index in [4.69, 9.17) is 9.05 Å². The molecule has 0 saturated carbocycles. The van der Waals surface area contributed by atoms with Crippen LogP contribution in [0.5, 0.6) is 11.5 Å². The highest BCUT2D eigenvalue weighted by Crippen LogP contribution is 2.51. The molecule has 1 unspecified atom stereocenters. The minimum Gasteiger partial charge on any atom is -0.437 e. The fourth-order valence-electron chi connectivity index (χ4n) is 2.62. The molecule has 1 N–H and O–H groups in total. The van der Waals surface area contributed by atoms with E-state index >= 15 is 0 Å². The van der Waals surface area contributed by atoms with Gasteiger partial charge in [-0.2, -0.15) is 0 Å². The molecule has 0 saturated heterocycles. The summed E-state index contributed by atoms with van der Waals surface area (Å²) in [5.41, 5.74) is 1.34. The monoisotopic (exact) mass is 375 g/mol. The predicted octanol–water partition coefficient (Wildman–Crippen LogP) is 5.70. The van der Waals surface area contributed by atoms with Gasteiger partial charge in [-0.1, -0.05) is 60.7 Å². The quantitative estimate of drug-likeness (QED) is 0.440. The second-order valence-electron chi connectivity index (χ2n) is 5.90. The molecule has 0 aliphatic heterocycles. The van der Waals surface area contributed by atoms with E-state index < -0.39 is 14.2 Å². The average Bonchev–Trinajstić information content (AvgIpc) is 2.74. The van der Waals surface area contributed by atoms with Crippen molar-refractivity contribution in [3.8, 4) is 11.5 Å². The lowest BCUT2D eigenvalue weighted by atomic mass is 10.2. The van der Waals surface area contributed by atoms with E-state index in [0.29, 0.717) is 17.2 Å². The number of aromatic nitrogens is 1. The molecule has 1 atom stereocenters. The molecular formula is C22H18NO3P. The molecule has 0 bridgehead atoms. The van der Waals surface area contributed by atoms with Gasteiger partial charge in [0.2, 0.25) is 0 Å². The van der Waals surface area contributed by atoms with Crippen LogP contribution >= 0.6 is 8.38 Å². The molecule has 0 radical (unpaired) electrons. The Hall–Kier alpha value is -2.94. The first kappa shape index (κ1) is 17.5. The van der Waals surface area contributed by atoms with Crippen LogP contribution in [0.3, 0.4) is 0 Å². The summed E-state index contributed by atoms with van der Waals surface area (Å²) in [4.78, 5) is 4.59. The summed E-state index contributed by atoms with van der Waals surface area (Å²) < 4.78 is 12.0. The zero-order valence-corrected chi connectivity index (χ0v) is 15.4. The van der Waals surface area contributed by atoms with Gasteiger partial charge in [-0.3, -0.25) is 0 Å². The van der Waals surface area contributed by atoms with Crippen molar-refractivity contribution in [2.45, 2.75) is 5.85 Å². The van der Waals surface area contributed by atoms with Gasteiger partial charge in [0.15, 0.2) is 5.85 Å². The number of para-hydroxylation sites is 3. The van der Waals surface area contributed by atoms with Crippen LogP contribution in [0, 0.1) is 0 Å². The summed E-state index contributed by atoms with van der Waals surface area (Å²) in [6.45, 7) is 0. The van der Waals surface area contributed by atoms with E-state index in [9.17, 15) is 5.11 Å². The van der Waals surface area contributed by atoms with E-state index in [1.54, 1.807) is 0 Å². The lowest BCUT2D eigenvalue weighted by Gasteiger charge is -2.23. The molecule has 0 aliphatic carbocycles. The molecule has 27 heavy (non-hydrogen) atoms. The number of fused-ring (bicyclic) bond motifs is 1. The van der Waals surface area contributed by atoms with E-state index in [1.165, 1.54) is 0 Å². The zero-order valence-electron chi connectivity index (χ0n) is 14.5. The molecule has 0 fully saturated rings. The highest BCUT2D eigenvalue weighted by Gasteiger charge is 2.28. The first-order chi connectivity index (χ1) is 13.3. The first-order valence-electron chi connectivity index (χ1n) is 8.59. The molecule has 0 spiro atoms. The topological polar surface area (TPSA) is 51.6 Å². The fraction of sp³-hybridized carbons (Fsp3) is 0.0455. The maximum atomic E-state index is 11.0. The van der Waals surface area contributed by atoms with E-state index in [0.717, 1.165) is 10.9 Å². The third-order valence-corrected chi connectivity index (χ3v) is 5.41. The Morgan fingerprint density at radius 3 is 1.85 bits per heavy atom. The molecular weight excluding hydrogens is 357 g/mol. The molecule has 1 aromatic heterocycles. The Morgan fingerprint density at radius 2 is 1.22 bits per heavy atom. The largest absolute Gasteiger partial charge is 0.437 e. The van der Waals surface area contributed by atoms with Crippen molar-refractivity contribution in [1.82, 2.24) is 4.98 Å². The number of aliphatic hydroxyl groups is 1. The maximum absolute atomic E-state index is 11.0. The Labute approximate surface area is 159 Å². The van der Waals surface area contributed by atoms with Crippen LogP contribution in [0.4, 0.5) is 0 Å². The third kappa shape index (κ3) is 4.25. The molecule has 1 heterocycles. The second kappa shape index (κ2) is 8.17. The highest BCUT2D eigenvalue weighted by atomic mass is 31.2. The van der Waals surface area contributed by atoms with Gasteiger partial charge in [0.1, 0.15) is 11.5 Å². The molecule has 4 aromatic rings. The molecule has 134 valence electrons. The summed E-state index contributed by atoms with van der Waals surface area (Å²) in [5.74, 6) is 0.281. The predicted molar refractivity (Wildman–Crippen MR) is 108 cm³/mol. The Balaban J connectivity index is 1.64. The number of benzene rings is 3. The van der Waals surface area contributed by atoms with Gasteiger partial charge in [-0.05, 0) is 36.4 Å². The standard InChI is InChI=1S/C22H18NO3P/c24-22(21-16-15-17-9-7-8-14-20(17)23-21)27(25-18-10-3-1-4-11-18)26-19-12-5-2-6-13-19/h1-16,22,24H. The number of hydrogen-bond donors (Lipinski definition) is 1. The molecule has 5 heteroatoms. The van der Waals surface area contributed by atoms with Gasteiger partial charge < -0.3 is 14.2 Å².